The lowest BCUT2D eigenvalue weighted by molar-refractivity contribution is -0.122. The summed E-state index contributed by atoms with van der Waals surface area (Å²) in [4.78, 5) is 26.4. The molecule has 0 atom stereocenters. The van der Waals surface area contributed by atoms with Crippen molar-refractivity contribution in [2.45, 2.75) is 4.90 Å². The normalized spacial score (nSPS) is 16.7. The van der Waals surface area contributed by atoms with E-state index in [9.17, 15) is 9.59 Å². The van der Waals surface area contributed by atoms with Gasteiger partial charge in [-0.1, -0.05) is 12.1 Å². The molecular weight excluding hydrogens is 316 g/mol. The summed E-state index contributed by atoms with van der Waals surface area (Å²) < 4.78 is 0. The number of carbonyl (C=O) groups excluding carboxylic acids is 2. The molecule has 0 bridgehead atoms. The molecule has 0 radical (unpaired) electrons. The maximum Gasteiger partial charge on any atom is 0.293 e. The van der Waals surface area contributed by atoms with Crippen LogP contribution in [0.2, 0.25) is 0 Å². The third-order valence-corrected chi connectivity index (χ3v) is 4.29. The van der Waals surface area contributed by atoms with Gasteiger partial charge in [0.05, 0.1) is 4.91 Å². The first kappa shape index (κ1) is 17.1. The molecule has 0 aromatic heterocycles. The number of hydrogen-bond donors (Lipinski definition) is 1. The van der Waals surface area contributed by atoms with Gasteiger partial charge in [-0.15, -0.1) is 24.2 Å². The molecule has 0 spiro atoms. The lowest BCUT2D eigenvalue weighted by Gasteiger charge is -2.09. The Kier molecular flexibility index (Phi) is 6.61. The van der Waals surface area contributed by atoms with E-state index in [1.165, 1.54) is 4.90 Å². The molecule has 1 aromatic carbocycles. The van der Waals surface area contributed by atoms with E-state index in [1.807, 2.05) is 30.5 Å². The van der Waals surface area contributed by atoms with Gasteiger partial charge in [0.25, 0.3) is 11.1 Å². The molecular formula is C13H15ClN2O2S2. The fourth-order valence-corrected chi connectivity index (χ4v) is 2.95. The first-order valence-corrected chi connectivity index (χ1v) is 7.79. The second-order valence-electron chi connectivity index (χ2n) is 3.90. The lowest BCUT2D eigenvalue weighted by Crippen LogP contribution is -2.33. The van der Waals surface area contributed by atoms with Crippen LogP contribution in [0.4, 0.5) is 4.79 Å². The number of carbonyl (C=O) groups is 2. The van der Waals surface area contributed by atoms with Crippen molar-refractivity contribution in [1.82, 2.24) is 4.90 Å². The molecule has 0 unspecified atom stereocenters. The Morgan fingerprint density at radius 1 is 1.30 bits per heavy atom. The van der Waals surface area contributed by atoms with Crippen LogP contribution < -0.4 is 5.73 Å². The van der Waals surface area contributed by atoms with Crippen LogP contribution in [0.15, 0.2) is 34.1 Å². The standard InChI is InChI=1S/C13H14N2O2S2.ClH/c1-18-10-4-2-9(3-5-10)8-11-12(16)15(7-6-14)13(17)19-11;/h2-5,8H,6-7,14H2,1H3;1H. The highest BCUT2D eigenvalue weighted by atomic mass is 35.5. The molecule has 1 aliphatic rings. The Bertz CT molecular complexity index is 532. The van der Waals surface area contributed by atoms with Crippen molar-refractivity contribution in [3.63, 3.8) is 0 Å². The van der Waals surface area contributed by atoms with Gasteiger partial charge in [-0.05, 0) is 41.8 Å². The average Bonchev–Trinajstić information content (AvgIpc) is 2.68. The zero-order valence-electron chi connectivity index (χ0n) is 10.9. The van der Waals surface area contributed by atoms with Crippen LogP contribution >= 0.6 is 35.9 Å². The molecule has 1 fully saturated rings. The van der Waals surface area contributed by atoms with E-state index < -0.39 is 0 Å². The molecule has 108 valence electrons. The molecule has 1 saturated heterocycles. The highest BCUT2D eigenvalue weighted by molar-refractivity contribution is 8.18. The smallest absolute Gasteiger partial charge is 0.293 e. The summed E-state index contributed by atoms with van der Waals surface area (Å²) in [5.41, 5.74) is 6.30. The Morgan fingerprint density at radius 2 is 1.95 bits per heavy atom. The minimum Gasteiger partial charge on any atom is -0.329 e. The Labute approximate surface area is 132 Å². The molecule has 0 aliphatic carbocycles. The van der Waals surface area contributed by atoms with Gasteiger partial charge in [0.15, 0.2) is 0 Å². The van der Waals surface area contributed by atoms with Crippen LogP contribution in [0.1, 0.15) is 5.56 Å². The van der Waals surface area contributed by atoms with E-state index in [0.717, 1.165) is 22.2 Å². The number of imide groups is 1. The van der Waals surface area contributed by atoms with Crippen molar-refractivity contribution < 1.29 is 9.59 Å². The number of nitrogens with two attached hydrogens (primary N) is 1. The topological polar surface area (TPSA) is 63.4 Å². The van der Waals surface area contributed by atoms with Gasteiger partial charge in [0.2, 0.25) is 0 Å². The third-order valence-electron chi connectivity index (χ3n) is 2.64. The van der Waals surface area contributed by atoms with Crippen LogP contribution in [-0.4, -0.2) is 35.4 Å². The van der Waals surface area contributed by atoms with Crippen molar-refractivity contribution >= 4 is 53.2 Å². The molecule has 7 heteroatoms. The van der Waals surface area contributed by atoms with Crippen LogP contribution in [0.3, 0.4) is 0 Å². The zero-order chi connectivity index (χ0) is 13.8. The molecule has 20 heavy (non-hydrogen) atoms. The van der Waals surface area contributed by atoms with Gasteiger partial charge < -0.3 is 5.73 Å². The fraction of sp³-hybridized carbons (Fsp3) is 0.231. The number of amides is 2. The van der Waals surface area contributed by atoms with Gasteiger partial charge in [-0.25, -0.2) is 0 Å². The molecule has 2 N–H and O–H groups in total. The predicted octanol–water partition coefficient (Wildman–Crippen LogP) is 2.83. The molecule has 1 aromatic rings. The largest absolute Gasteiger partial charge is 0.329 e. The summed E-state index contributed by atoms with van der Waals surface area (Å²) >= 11 is 2.62. The average molecular weight is 331 g/mol. The van der Waals surface area contributed by atoms with E-state index in [2.05, 4.69) is 0 Å². The quantitative estimate of drug-likeness (QED) is 0.679. The van der Waals surface area contributed by atoms with Gasteiger partial charge in [-0.2, -0.15) is 0 Å². The molecule has 4 nitrogen and oxygen atoms in total. The van der Waals surface area contributed by atoms with E-state index in [0.29, 0.717) is 4.91 Å². The minimum atomic E-state index is -0.255. The molecule has 0 saturated carbocycles. The summed E-state index contributed by atoms with van der Waals surface area (Å²) in [6, 6.07) is 7.84. The van der Waals surface area contributed by atoms with Crippen LogP contribution in [-0.2, 0) is 4.79 Å². The Hall–Kier alpha value is -0.950. The maximum absolute atomic E-state index is 12.0. The van der Waals surface area contributed by atoms with Crippen molar-refractivity contribution in [3.8, 4) is 0 Å². The van der Waals surface area contributed by atoms with Gasteiger partial charge in [0.1, 0.15) is 0 Å². The summed E-state index contributed by atoms with van der Waals surface area (Å²) in [5, 5.41) is -0.248. The summed E-state index contributed by atoms with van der Waals surface area (Å²) in [6.07, 6.45) is 3.75. The minimum absolute atomic E-state index is 0. The number of hydrogen-bond acceptors (Lipinski definition) is 5. The van der Waals surface area contributed by atoms with E-state index in [-0.39, 0.29) is 36.6 Å². The molecule has 2 amide bonds. The summed E-state index contributed by atoms with van der Waals surface area (Å²) in [7, 11) is 0. The first-order valence-electron chi connectivity index (χ1n) is 5.75. The molecule has 2 rings (SSSR count). The lowest BCUT2D eigenvalue weighted by atomic mass is 10.2. The van der Waals surface area contributed by atoms with Crippen molar-refractivity contribution in [3.05, 3.63) is 34.7 Å². The predicted molar refractivity (Wildman–Crippen MR) is 87.2 cm³/mol. The van der Waals surface area contributed by atoms with E-state index in [4.69, 9.17) is 5.73 Å². The van der Waals surface area contributed by atoms with Crippen molar-refractivity contribution in [2.24, 2.45) is 5.73 Å². The van der Waals surface area contributed by atoms with E-state index >= 15 is 0 Å². The number of halogens is 1. The van der Waals surface area contributed by atoms with Crippen molar-refractivity contribution in [2.75, 3.05) is 19.3 Å². The van der Waals surface area contributed by atoms with Gasteiger partial charge in [-0.3, -0.25) is 14.5 Å². The SMILES string of the molecule is CSc1ccc(C=C2SC(=O)N(CCN)C2=O)cc1.Cl. The number of rotatable bonds is 4. The van der Waals surface area contributed by atoms with Gasteiger partial charge >= 0.3 is 0 Å². The van der Waals surface area contributed by atoms with Crippen LogP contribution in [0, 0.1) is 0 Å². The van der Waals surface area contributed by atoms with Crippen LogP contribution in [0.5, 0.6) is 0 Å². The summed E-state index contributed by atoms with van der Waals surface area (Å²) in [6.45, 7) is 0.557. The Morgan fingerprint density at radius 3 is 2.50 bits per heavy atom. The molecule has 1 aliphatic heterocycles. The van der Waals surface area contributed by atoms with Crippen LogP contribution in [0.25, 0.3) is 6.08 Å². The highest BCUT2D eigenvalue weighted by Crippen LogP contribution is 2.32. The van der Waals surface area contributed by atoms with Crippen molar-refractivity contribution in [1.29, 1.82) is 0 Å². The third kappa shape index (κ3) is 3.79. The second kappa shape index (κ2) is 7.73. The monoisotopic (exact) mass is 330 g/mol. The summed E-state index contributed by atoms with van der Waals surface area (Å²) in [5.74, 6) is -0.255. The second-order valence-corrected chi connectivity index (χ2v) is 5.77. The zero-order valence-corrected chi connectivity index (χ0v) is 13.3. The number of benzene rings is 1. The number of nitrogens with zero attached hydrogens (tertiary/aromatic N) is 1. The maximum atomic E-state index is 12.0. The first-order chi connectivity index (χ1) is 9.15. The van der Waals surface area contributed by atoms with E-state index in [1.54, 1.807) is 17.8 Å². The Balaban J connectivity index is 0.00000200. The highest BCUT2D eigenvalue weighted by Gasteiger charge is 2.34. The number of thioether (sulfide) groups is 2. The molecule has 1 heterocycles. The fourth-order valence-electron chi connectivity index (χ4n) is 1.67. The van der Waals surface area contributed by atoms with Gasteiger partial charge in [0, 0.05) is 18.0 Å².